The van der Waals surface area contributed by atoms with E-state index in [4.69, 9.17) is 0 Å². The number of nitrogens with one attached hydrogen (secondary N) is 1. The number of aromatic nitrogens is 4. The van der Waals surface area contributed by atoms with Crippen molar-refractivity contribution in [3.05, 3.63) is 35.4 Å². The van der Waals surface area contributed by atoms with Gasteiger partial charge in [-0.15, -0.1) is 0 Å². The molecule has 0 saturated heterocycles. The maximum atomic E-state index is 4.50. The SMILES string of the molecule is CCn1cc(CN[C@H]2CCCc3c2cnn3CC)cn1. The standard InChI is InChI=1S/C15H23N5/c1-3-19-11-12(9-17-19)8-16-14-6-5-7-15-13(14)10-18-20(15)4-2/h9-11,14,16H,3-8H2,1-2H3/t14-/m0/s1. The molecule has 2 aromatic heterocycles. The summed E-state index contributed by atoms with van der Waals surface area (Å²) in [5.74, 6) is 0. The fourth-order valence-electron chi connectivity index (χ4n) is 3.01. The van der Waals surface area contributed by atoms with Crippen LogP contribution in [0, 0.1) is 0 Å². The predicted octanol–water partition coefficient (Wildman–Crippen LogP) is 2.29. The molecule has 2 heterocycles. The third-order valence-electron chi connectivity index (χ3n) is 4.13. The van der Waals surface area contributed by atoms with Crippen LogP contribution in [0.15, 0.2) is 18.6 Å². The first-order valence-corrected chi connectivity index (χ1v) is 7.61. The topological polar surface area (TPSA) is 47.7 Å². The van der Waals surface area contributed by atoms with Gasteiger partial charge in [-0.05, 0) is 33.1 Å². The van der Waals surface area contributed by atoms with Crippen molar-refractivity contribution < 1.29 is 0 Å². The second-order valence-electron chi connectivity index (χ2n) is 5.39. The number of nitrogens with zero attached hydrogens (tertiary/aromatic N) is 4. The van der Waals surface area contributed by atoms with Gasteiger partial charge in [-0.2, -0.15) is 10.2 Å². The Labute approximate surface area is 120 Å². The number of hydrogen-bond donors (Lipinski definition) is 1. The summed E-state index contributed by atoms with van der Waals surface area (Å²) in [7, 11) is 0. The zero-order chi connectivity index (χ0) is 13.9. The van der Waals surface area contributed by atoms with Crippen molar-refractivity contribution in [1.29, 1.82) is 0 Å². The summed E-state index contributed by atoms with van der Waals surface area (Å²) in [5, 5.41) is 12.5. The van der Waals surface area contributed by atoms with Crippen LogP contribution in [-0.2, 0) is 26.1 Å². The highest BCUT2D eigenvalue weighted by Crippen LogP contribution is 2.29. The normalized spacial score (nSPS) is 18.2. The smallest absolute Gasteiger partial charge is 0.0540 e. The maximum Gasteiger partial charge on any atom is 0.0540 e. The Morgan fingerprint density at radius 2 is 2.15 bits per heavy atom. The van der Waals surface area contributed by atoms with Gasteiger partial charge in [0.05, 0.1) is 12.4 Å². The molecule has 20 heavy (non-hydrogen) atoms. The average Bonchev–Trinajstić information content (AvgIpc) is 3.11. The van der Waals surface area contributed by atoms with Crippen molar-refractivity contribution >= 4 is 0 Å². The highest BCUT2D eigenvalue weighted by atomic mass is 15.3. The Morgan fingerprint density at radius 1 is 1.25 bits per heavy atom. The first-order chi connectivity index (χ1) is 9.81. The van der Waals surface area contributed by atoms with Crippen molar-refractivity contribution in [2.45, 2.75) is 58.8 Å². The summed E-state index contributed by atoms with van der Waals surface area (Å²) in [6.45, 7) is 7.03. The van der Waals surface area contributed by atoms with Crippen molar-refractivity contribution in [3.63, 3.8) is 0 Å². The molecule has 0 unspecified atom stereocenters. The number of fused-ring (bicyclic) bond motifs is 1. The lowest BCUT2D eigenvalue weighted by atomic mass is 9.93. The van der Waals surface area contributed by atoms with Gasteiger partial charge in [-0.25, -0.2) is 0 Å². The fraction of sp³-hybridized carbons (Fsp3) is 0.600. The molecule has 3 rings (SSSR count). The van der Waals surface area contributed by atoms with E-state index in [1.165, 1.54) is 29.7 Å². The lowest BCUT2D eigenvalue weighted by molar-refractivity contribution is 0.448. The monoisotopic (exact) mass is 273 g/mol. The molecule has 1 aliphatic rings. The van der Waals surface area contributed by atoms with Crippen LogP contribution in [0.25, 0.3) is 0 Å². The van der Waals surface area contributed by atoms with Gasteiger partial charge < -0.3 is 5.32 Å². The van der Waals surface area contributed by atoms with Crippen molar-refractivity contribution in [2.75, 3.05) is 0 Å². The van der Waals surface area contributed by atoms with Crippen molar-refractivity contribution in [1.82, 2.24) is 24.9 Å². The van der Waals surface area contributed by atoms with Crippen LogP contribution in [-0.4, -0.2) is 19.6 Å². The van der Waals surface area contributed by atoms with Crippen LogP contribution >= 0.6 is 0 Å². The van der Waals surface area contributed by atoms with E-state index < -0.39 is 0 Å². The van der Waals surface area contributed by atoms with Gasteiger partial charge in [-0.3, -0.25) is 9.36 Å². The molecule has 0 radical (unpaired) electrons. The second kappa shape index (κ2) is 5.79. The van der Waals surface area contributed by atoms with Crippen molar-refractivity contribution in [2.24, 2.45) is 0 Å². The van der Waals surface area contributed by atoms with E-state index >= 15 is 0 Å². The highest BCUT2D eigenvalue weighted by Gasteiger charge is 2.23. The first-order valence-electron chi connectivity index (χ1n) is 7.61. The minimum absolute atomic E-state index is 0.434. The lowest BCUT2D eigenvalue weighted by Crippen LogP contribution is -2.25. The predicted molar refractivity (Wildman–Crippen MR) is 78.3 cm³/mol. The lowest BCUT2D eigenvalue weighted by Gasteiger charge is -2.24. The van der Waals surface area contributed by atoms with Crippen LogP contribution in [0.5, 0.6) is 0 Å². The molecule has 1 aliphatic carbocycles. The van der Waals surface area contributed by atoms with Gasteiger partial charge in [0.15, 0.2) is 0 Å². The molecule has 0 saturated carbocycles. The summed E-state index contributed by atoms with van der Waals surface area (Å²) >= 11 is 0. The van der Waals surface area contributed by atoms with Gasteiger partial charge in [-0.1, -0.05) is 0 Å². The van der Waals surface area contributed by atoms with Crippen LogP contribution in [0.4, 0.5) is 0 Å². The molecule has 2 aromatic rings. The maximum absolute atomic E-state index is 4.50. The molecular weight excluding hydrogens is 250 g/mol. The summed E-state index contributed by atoms with van der Waals surface area (Å²) < 4.78 is 4.11. The third kappa shape index (κ3) is 2.50. The van der Waals surface area contributed by atoms with E-state index in [1.807, 2.05) is 17.1 Å². The van der Waals surface area contributed by atoms with E-state index in [-0.39, 0.29) is 0 Å². The molecule has 0 aromatic carbocycles. The Kier molecular flexibility index (Phi) is 3.87. The molecule has 0 spiro atoms. The zero-order valence-electron chi connectivity index (χ0n) is 12.3. The Morgan fingerprint density at radius 3 is 2.90 bits per heavy atom. The molecule has 0 fully saturated rings. The Hall–Kier alpha value is -1.62. The average molecular weight is 273 g/mol. The van der Waals surface area contributed by atoms with Crippen LogP contribution < -0.4 is 5.32 Å². The van der Waals surface area contributed by atoms with Gasteiger partial charge in [0.25, 0.3) is 0 Å². The molecule has 108 valence electrons. The second-order valence-corrected chi connectivity index (χ2v) is 5.39. The highest BCUT2D eigenvalue weighted by molar-refractivity contribution is 5.25. The van der Waals surface area contributed by atoms with Crippen molar-refractivity contribution in [3.8, 4) is 0 Å². The molecule has 0 bridgehead atoms. The third-order valence-corrected chi connectivity index (χ3v) is 4.13. The summed E-state index contributed by atoms with van der Waals surface area (Å²) in [4.78, 5) is 0. The van der Waals surface area contributed by atoms with Crippen LogP contribution in [0.2, 0.25) is 0 Å². The van der Waals surface area contributed by atoms with E-state index in [0.29, 0.717) is 6.04 Å². The largest absolute Gasteiger partial charge is 0.306 e. The van der Waals surface area contributed by atoms with Crippen LogP contribution in [0.1, 0.15) is 49.6 Å². The van der Waals surface area contributed by atoms with Gasteiger partial charge in [0.2, 0.25) is 0 Å². The summed E-state index contributed by atoms with van der Waals surface area (Å²) in [6.07, 6.45) is 9.72. The van der Waals surface area contributed by atoms with E-state index in [2.05, 4.69) is 40.2 Å². The molecule has 5 heteroatoms. The molecule has 5 nitrogen and oxygen atoms in total. The minimum Gasteiger partial charge on any atom is -0.306 e. The van der Waals surface area contributed by atoms with E-state index in [0.717, 1.165) is 26.1 Å². The Bertz CT molecular complexity index is 569. The molecule has 1 N–H and O–H groups in total. The van der Waals surface area contributed by atoms with E-state index in [1.54, 1.807) is 0 Å². The minimum atomic E-state index is 0.434. The fourth-order valence-corrected chi connectivity index (χ4v) is 3.01. The number of rotatable bonds is 5. The zero-order valence-corrected chi connectivity index (χ0v) is 12.3. The van der Waals surface area contributed by atoms with Gasteiger partial charge >= 0.3 is 0 Å². The quantitative estimate of drug-likeness (QED) is 0.909. The molecular formula is C15H23N5. The van der Waals surface area contributed by atoms with Crippen LogP contribution in [0.3, 0.4) is 0 Å². The van der Waals surface area contributed by atoms with Gasteiger partial charge in [0.1, 0.15) is 0 Å². The summed E-state index contributed by atoms with van der Waals surface area (Å²) in [5.41, 5.74) is 4.06. The first kappa shape index (κ1) is 13.4. The van der Waals surface area contributed by atoms with Gasteiger partial charge in [0, 0.05) is 48.7 Å². The number of aryl methyl sites for hydroxylation is 2. The number of hydrogen-bond acceptors (Lipinski definition) is 3. The molecule has 1 atom stereocenters. The summed E-state index contributed by atoms with van der Waals surface area (Å²) in [6, 6.07) is 0.434. The molecule has 0 aliphatic heterocycles. The van der Waals surface area contributed by atoms with E-state index in [9.17, 15) is 0 Å². The Balaban J connectivity index is 1.68. The molecule has 0 amide bonds.